The van der Waals surface area contributed by atoms with Gasteiger partial charge in [0, 0.05) is 68.0 Å². The number of halogens is 1. The lowest BCUT2D eigenvalue weighted by molar-refractivity contribution is -0.139. The van der Waals surface area contributed by atoms with Crippen molar-refractivity contribution >= 4 is 69.3 Å². The third kappa shape index (κ3) is 8.08. The maximum Gasteiger partial charge on any atom is 0.293 e. The number of nitrogens with zero attached hydrogens (tertiary/aromatic N) is 6. The lowest BCUT2D eigenvalue weighted by Gasteiger charge is -2.38. The summed E-state index contributed by atoms with van der Waals surface area (Å²) in [6, 6.07) is 11.6. The van der Waals surface area contributed by atoms with Gasteiger partial charge in [0.2, 0.25) is 17.8 Å². The van der Waals surface area contributed by atoms with E-state index < -0.39 is 24.1 Å². The molecular formula is C42H48ClN9O8. The zero-order valence-electron chi connectivity index (χ0n) is 33.6. The summed E-state index contributed by atoms with van der Waals surface area (Å²) >= 11 is 6.58. The summed E-state index contributed by atoms with van der Waals surface area (Å²) in [5.74, 6) is -0.649. The fourth-order valence-corrected chi connectivity index (χ4v) is 8.72. The highest BCUT2D eigenvalue weighted by molar-refractivity contribution is 6.33. The summed E-state index contributed by atoms with van der Waals surface area (Å²) in [5, 5.41) is 20.3. The van der Waals surface area contributed by atoms with E-state index in [1.165, 1.54) is 11.9 Å². The smallest absolute Gasteiger partial charge is 0.293 e. The number of carbonyl (C=O) groups is 4. The van der Waals surface area contributed by atoms with E-state index in [0.717, 1.165) is 42.3 Å². The maximum atomic E-state index is 13.7. The number of pyridine rings is 1. The second-order valence-corrected chi connectivity index (χ2v) is 16.2. The Hall–Kier alpha value is -5.78. The fourth-order valence-electron chi connectivity index (χ4n) is 8.58. The Morgan fingerprint density at radius 2 is 1.70 bits per heavy atom. The summed E-state index contributed by atoms with van der Waals surface area (Å²) in [5.41, 5.74) is 2.68. The molecule has 4 amide bonds. The number of hydrogen-bond acceptors (Lipinski definition) is 13. The number of rotatable bonds is 11. The molecule has 2 aromatic heterocycles. The minimum absolute atomic E-state index is 0.0501. The standard InChI is InChI=1S/C42H48ClN9O8/c1-23(2)51-30-8-7-25(19-24(30)20-33(40(51)57)59-22-35(54)44-3)46-37-29(43)21-45-42(48-37)50-17-13-27(14-18-50)60-26-11-15-49(16-12-26)31-6-4-5-28-36(31)41(58)52(39(28)56)32-9-10-34(53)47-38(32)55/h4-8,19-21,23,26-27,32,39,56H,9-18,22H2,1-3H3,(H,44,54)(H,45,46,48)(H,47,53,55). The first-order valence-corrected chi connectivity index (χ1v) is 20.7. The van der Waals surface area contributed by atoms with Crippen molar-refractivity contribution in [1.82, 2.24) is 30.1 Å². The highest BCUT2D eigenvalue weighted by Crippen LogP contribution is 2.41. The third-order valence-electron chi connectivity index (χ3n) is 11.7. The van der Waals surface area contributed by atoms with E-state index in [2.05, 4.69) is 30.7 Å². The van der Waals surface area contributed by atoms with E-state index in [4.69, 9.17) is 26.1 Å². The Morgan fingerprint density at radius 1 is 0.983 bits per heavy atom. The van der Waals surface area contributed by atoms with Crippen molar-refractivity contribution in [2.24, 2.45) is 0 Å². The molecule has 2 aromatic carbocycles. The molecule has 316 valence electrons. The van der Waals surface area contributed by atoms with Crippen LogP contribution in [0.2, 0.25) is 5.02 Å². The quantitative estimate of drug-likeness (QED) is 0.159. The van der Waals surface area contributed by atoms with E-state index in [9.17, 15) is 29.1 Å². The molecule has 0 radical (unpaired) electrons. The number of benzene rings is 2. The molecule has 18 heteroatoms. The lowest BCUT2D eigenvalue weighted by Crippen LogP contribution is -2.53. The van der Waals surface area contributed by atoms with E-state index in [0.29, 0.717) is 59.8 Å². The molecule has 60 heavy (non-hydrogen) atoms. The fraction of sp³-hybridized carbons (Fsp3) is 0.452. The van der Waals surface area contributed by atoms with Gasteiger partial charge in [-0.05, 0) is 76.3 Å². The molecule has 4 aliphatic rings. The van der Waals surface area contributed by atoms with Crippen molar-refractivity contribution < 1.29 is 33.8 Å². The molecule has 3 fully saturated rings. The van der Waals surface area contributed by atoms with Crippen LogP contribution in [0.4, 0.5) is 23.1 Å². The normalized spacial score (nSPS) is 20.2. The van der Waals surface area contributed by atoms with Crippen molar-refractivity contribution in [3.05, 3.63) is 75.2 Å². The van der Waals surface area contributed by atoms with Crippen LogP contribution in [0.5, 0.6) is 5.75 Å². The number of piperidine rings is 3. The number of fused-ring (bicyclic) bond motifs is 2. The number of ether oxygens (including phenoxy) is 2. The van der Waals surface area contributed by atoms with Crippen molar-refractivity contribution in [2.75, 3.05) is 55.0 Å². The van der Waals surface area contributed by atoms with Crippen molar-refractivity contribution in [3.63, 3.8) is 0 Å². The molecule has 2 atom stereocenters. The van der Waals surface area contributed by atoms with Gasteiger partial charge in [0.25, 0.3) is 17.4 Å². The van der Waals surface area contributed by atoms with Crippen molar-refractivity contribution in [1.29, 1.82) is 0 Å². The number of carbonyl (C=O) groups excluding carboxylic acids is 4. The summed E-state index contributed by atoms with van der Waals surface area (Å²) in [6.45, 7) is 6.25. The number of aliphatic hydroxyl groups excluding tert-OH is 1. The minimum atomic E-state index is -1.26. The largest absolute Gasteiger partial charge is 0.478 e. The summed E-state index contributed by atoms with van der Waals surface area (Å²) in [4.78, 5) is 77.9. The Bertz CT molecular complexity index is 2390. The maximum absolute atomic E-state index is 13.7. The number of aromatic nitrogens is 3. The molecular weight excluding hydrogens is 794 g/mol. The second kappa shape index (κ2) is 17.1. The van der Waals surface area contributed by atoms with Gasteiger partial charge in [0.05, 0.1) is 29.5 Å². The number of imide groups is 1. The lowest BCUT2D eigenvalue weighted by atomic mass is 10.0. The molecule has 4 aliphatic heterocycles. The Balaban J connectivity index is 0.870. The molecule has 17 nitrogen and oxygen atoms in total. The van der Waals surface area contributed by atoms with Crippen LogP contribution in [-0.2, 0) is 19.1 Å². The number of aliphatic hydroxyl groups is 1. The predicted molar refractivity (Wildman–Crippen MR) is 224 cm³/mol. The molecule has 6 heterocycles. The number of hydrogen-bond donors (Lipinski definition) is 4. The molecule has 4 N–H and O–H groups in total. The summed E-state index contributed by atoms with van der Waals surface area (Å²) in [6.07, 6.45) is 3.81. The SMILES string of the molecule is CNC(=O)COc1cc2cc(Nc3nc(N4CCC(OC5CCN(c6cccc7c6C(=O)N(C6CCC(=O)NC6=O)C7O)CC5)CC4)ncc3Cl)ccc2n(C(C)C)c1=O. The van der Waals surface area contributed by atoms with E-state index in [1.807, 2.05) is 44.2 Å². The van der Waals surface area contributed by atoms with Crippen molar-refractivity contribution in [2.45, 2.75) is 82.9 Å². The molecule has 8 rings (SSSR count). The number of likely N-dealkylation sites (N-methyl/N-ethyl adjacent to an activating group) is 1. The molecule has 0 saturated carbocycles. The summed E-state index contributed by atoms with van der Waals surface area (Å²) < 4.78 is 13.9. The van der Waals surface area contributed by atoms with E-state index >= 15 is 0 Å². The first-order chi connectivity index (χ1) is 28.9. The average Bonchev–Trinajstić information content (AvgIpc) is 3.49. The Morgan fingerprint density at radius 3 is 2.38 bits per heavy atom. The van der Waals surface area contributed by atoms with Gasteiger partial charge in [-0.1, -0.05) is 23.7 Å². The third-order valence-corrected chi connectivity index (χ3v) is 11.9. The zero-order valence-corrected chi connectivity index (χ0v) is 34.4. The number of amides is 4. The molecule has 0 aliphatic carbocycles. The van der Waals surface area contributed by atoms with Gasteiger partial charge >= 0.3 is 0 Å². The molecule has 3 saturated heterocycles. The topological polar surface area (TPSA) is 201 Å². The van der Waals surface area contributed by atoms with Crippen LogP contribution in [-0.4, -0.2) is 106 Å². The number of anilines is 4. The molecule has 0 spiro atoms. The summed E-state index contributed by atoms with van der Waals surface area (Å²) in [7, 11) is 1.50. The van der Waals surface area contributed by atoms with Crippen LogP contribution >= 0.6 is 11.6 Å². The van der Waals surface area contributed by atoms with Gasteiger partial charge in [0.1, 0.15) is 11.1 Å². The van der Waals surface area contributed by atoms with Crippen LogP contribution in [0, 0.1) is 0 Å². The Kier molecular flexibility index (Phi) is 11.7. The van der Waals surface area contributed by atoms with Gasteiger partial charge in [-0.25, -0.2) is 4.98 Å². The van der Waals surface area contributed by atoms with Crippen LogP contribution in [0.1, 0.15) is 80.6 Å². The monoisotopic (exact) mass is 841 g/mol. The first-order valence-electron chi connectivity index (χ1n) is 20.3. The molecule has 2 unspecified atom stereocenters. The van der Waals surface area contributed by atoms with Crippen LogP contribution < -0.4 is 36.0 Å². The van der Waals surface area contributed by atoms with Gasteiger partial charge in [-0.3, -0.25) is 34.2 Å². The predicted octanol–water partition coefficient (Wildman–Crippen LogP) is 3.80. The second-order valence-electron chi connectivity index (χ2n) is 15.8. The average molecular weight is 842 g/mol. The highest BCUT2D eigenvalue weighted by atomic mass is 35.5. The van der Waals surface area contributed by atoms with E-state index in [1.54, 1.807) is 22.9 Å². The van der Waals surface area contributed by atoms with Gasteiger partial charge < -0.3 is 39.6 Å². The molecule has 4 aromatic rings. The zero-order chi connectivity index (χ0) is 42.2. The van der Waals surface area contributed by atoms with Gasteiger partial charge in [-0.15, -0.1) is 0 Å². The Labute approximate surface area is 351 Å². The number of nitrogens with one attached hydrogen (secondary N) is 3. The van der Waals surface area contributed by atoms with Crippen LogP contribution in [0.25, 0.3) is 10.9 Å². The minimum Gasteiger partial charge on any atom is -0.478 e. The van der Waals surface area contributed by atoms with Crippen LogP contribution in [0.15, 0.2) is 53.5 Å². The van der Waals surface area contributed by atoms with Gasteiger partial charge in [-0.2, -0.15) is 4.98 Å². The van der Waals surface area contributed by atoms with E-state index in [-0.39, 0.29) is 60.8 Å². The molecule has 0 bridgehead atoms. The highest BCUT2D eigenvalue weighted by Gasteiger charge is 2.46. The van der Waals surface area contributed by atoms with Crippen LogP contribution in [0.3, 0.4) is 0 Å². The van der Waals surface area contributed by atoms with Gasteiger partial charge in [0.15, 0.2) is 24.4 Å². The van der Waals surface area contributed by atoms with Crippen molar-refractivity contribution in [3.8, 4) is 5.75 Å². The first kappa shape index (κ1) is 41.0.